The van der Waals surface area contributed by atoms with E-state index in [0.29, 0.717) is 17.4 Å². The first-order valence-corrected chi connectivity index (χ1v) is 5.75. The van der Waals surface area contributed by atoms with Crippen LogP contribution in [0.15, 0.2) is 29.1 Å². The van der Waals surface area contributed by atoms with Gasteiger partial charge in [0, 0.05) is 17.1 Å². The lowest BCUT2D eigenvalue weighted by Crippen LogP contribution is -2.27. The Balaban J connectivity index is 2.64. The van der Waals surface area contributed by atoms with Crippen molar-refractivity contribution in [1.82, 2.24) is 14.5 Å². The standard InChI is InChI=1S/C11H12ClN5O/c1-2-17-9(7-3-5-8(12)6-4-7)14-10(16-13)15-11(17)18/h3-6H,2,13H2,1H3,(H,15,16,18). The fourth-order valence-electron chi connectivity index (χ4n) is 1.60. The molecule has 0 saturated heterocycles. The largest absolute Gasteiger partial charge is 0.352 e. The lowest BCUT2D eigenvalue weighted by Gasteiger charge is -2.10. The molecule has 0 aliphatic heterocycles. The summed E-state index contributed by atoms with van der Waals surface area (Å²) >= 11 is 5.83. The van der Waals surface area contributed by atoms with Crippen LogP contribution in [0.5, 0.6) is 0 Å². The van der Waals surface area contributed by atoms with Gasteiger partial charge < -0.3 is 0 Å². The number of rotatable bonds is 3. The van der Waals surface area contributed by atoms with Crippen molar-refractivity contribution in [2.75, 3.05) is 5.43 Å². The molecule has 1 heterocycles. The van der Waals surface area contributed by atoms with Gasteiger partial charge in [-0.05, 0) is 31.2 Å². The van der Waals surface area contributed by atoms with Crippen molar-refractivity contribution >= 4 is 17.5 Å². The number of anilines is 1. The van der Waals surface area contributed by atoms with Gasteiger partial charge in [-0.2, -0.15) is 9.97 Å². The van der Waals surface area contributed by atoms with Crippen LogP contribution in [0.3, 0.4) is 0 Å². The smallest absolute Gasteiger partial charge is 0.292 e. The van der Waals surface area contributed by atoms with E-state index in [-0.39, 0.29) is 5.95 Å². The topological polar surface area (TPSA) is 85.8 Å². The Hall–Kier alpha value is -1.92. The number of nitrogen functional groups attached to an aromatic ring is 1. The molecule has 1 aromatic carbocycles. The first-order chi connectivity index (χ1) is 8.65. The van der Waals surface area contributed by atoms with Gasteiger partial charge in [-0.15, -0.1) is 0 Å². The Morgan fingerprint density at radius 3 is 2.56 bits per heavy atom. The number of aromatic nitrogens is 3. The predicted octanol–water partition coefficient (Wildman–Crippen LogP) is 1.26. The lowest BCUT2D eigenvalue weighted by atomic mass is 10.2. The van der Waals surface area contributed by atoms with Gasteiger partial charge >= 0.3 is 5.69 Å². The fourth-order valence-corrected chi connectivity index (χ4v) is 1.72. The van der Waals surface area contributed by atoms with Crippen molar-refractivity contribution in [3.05, 3.63) is 39.8 Å². The highest BCUT2D eigenvalue weighted by atomic mass is 35.5. The van der Waals surface area contributed by atoms with E-state index < -0.39 is 5.69 Å². The predicted molar refractivity (Wildman–Crippen MR) is 70.2 cm³/mol. The van der Waals surface area contributed by atoms with E-state index in [9.17, 15) is 4.79 Å². The molecule has 0 unspecified atom stereocenters. The van der Waals surface area contributed by atoms with E-state index in [1.165, 1.54) is 4.57 Å². The zero-order valence-corrected chi connectivity index (χ0v) is 10.5. The normalized spacial score (nSPS) is 10.4. The maximum Gasteiger partial charge on any atom is 0.352 e. The van der Waals surface area contributed by atoms with Crippen LogP contribution in [0.2, 0.25) is 5.02 Å². The summed E-state index contributed by atoms with van der Waals surface area (Å²) in [5, 5.41) is 0.621. The van der Waals surface area contributed by atoms with Crippen molar-refractivity contribution in [3.8, 4) is 11.4 Å². The van der Waals surface area contributed by atoms with Crippen LogP contribution in [-0.2, 0) is 6.54 Å². The first kappa shape index (κ1) is 12.5. The van der Waals surface area contributed by atoms with E-state index in [0.717, 1.165) is 5.56 Å². The Bertz CT molecular complexity index is 608. The van der Waals surface area contributed by atoms with Crippen LogP contribution in [0.1, 0.15) is 6.92 Å². The second-order valence-electron chi connectivity index (χ2n) is 3.55. The van der Waals surface area contributed by atoms with Gasteiger partial charge in [0.2, 0.25) is 5.95 Å². The number of hydrogen-bond donors (Lipinski definition) is 2. The van der Waals surface area contributed by atoms with Crippen molar-refractivity contribution in [1.29, 1.82) is 0 Å². The average Bonchev–Trinajstić information content (AvgIpc) is 2.38. The van der Waals surface area contributed by atoms with Gasteiger partial charge in [-0.1, -0.05) is 11.6 Å². The van der Waals surface area contributed by atoms with Crippen LogP contribution >= 0.6 is 11.6 Å². The Morgan fingerprint density at radius 1 is 1.33 bits per heavy atom. The van der Waals surface area contributed by atoms with Crippen LogP contribution in [0, 0.1) is 0 Å². The van der Waals surface area contributed by atoms with Crippen molar-refractivity contribution in [2.24, 2.45) is 5.84 Å². The van der Waals surface area contributed by atoms with E-state index in [4.69, 9.17) is 17.4 Å². The summed E-state index contributed by atoms with van der Waals surface area (Å²) < 4.78 is 1.46. The molecule has 1 aromatic heterocycles. The molecular formula is C11H12ClN5O. The molecule has 2 aromatic rings. The van der Waals surface area contributed by atoms with Gasteiger partial charge in [0.1, 0.15) is 5.82 Å². The molecule has 3 N–H and O–H groups in total. The minimum atomic E-state index is -0.398. The summed E-state index contributed by atoms with van der Waals surface area (Å²) in [4.78, 5) is 19.7. The number of hydrazine groups is 1. The number of nitrogens with two attached hydrogens (primary N) is 1. The first-order valence-electron chi connectivity index (χ1n) is 5.37. The van der Waals surface area contributed by atoms with Crippen molar-refractivity contribution < 1.29 is 0 Å². The zero-order chi connectivity index (χ0) is 13.1. The minimum Gasteiger partial charge on any atom is -0.292 e. The second-order valence-corrected chi connectivity index (χ2v) is 3.99. The monoisotopic (exact) mass is 265 g/mol. The summed E-state index contributed by atoms with van der Waals surface area (Å²) in [7, 11) is 0. The van der Waals surface area contributed by atoms with Crippen LogP contribution in [0.25, 0.3) is 11.4 Å². The van der Waals surface area contributed by atoms with Gasteiger partial charge in [-0.25, -0.2) is 10.6 Å². The summed E-state index contributed by atoms with van der Waals surface area (Å²) in [6, 6.07) is 7.05. The highest BCUT2D eigenvalue weighted by Gasteiger charge is 2.10. The third kappa shape index (κ3) is 2.34. The number of halogens is 1. The van der Waals surface area contributed by atoms with E-state index >= 15 is 0 Å². The van der Waals surface area contributed by atoms with Gasteiger partial charge in [-0.3, -0.25) is 9.99 Å². The summed E-state index contributed by atoms with van der Waals surface area (Å²) in [6.07, 6.45) is 0. The third-order valence-electron chi connectivity index (χ3n) is 2.45. The quantitative estimate of drug-likeness (QED) is 0.645. The van der Waals surface area contributed by atoms with Gasteiger partial charge in [0.15, 0.2) is 0 Å². The van der Waals surface area contributed by atoms with E-state index in [1.54, 1.807) is 24.3 Å². The van der Waals surface area contributed by atoms with E-state index in [1.807, 2.05) is 6.92 Å². The van der Waals surface area contributed by atoms with Crippen molar-refractivity contribution in [3.63, 3.8) is 0 Å². The van der Waals surface area contributed by atoms with Gasteiger partial charge in [0.25, 0.3) is 0 Å². The molecule has 0 aliphatic carbocycles. The molecule has 6 nitrogen and oxygen atoms in total. The Labute approximate surface area is 108 Å². The molecule has 0 atom stereocenters. The zero-order valence-electron chi connectivity index (χ0n) is 9.72. The molecule has 2 rings (SSSR count). The molecule has 0 bridgehead atoms. The van der Waals surface area contributed by atoms with Gasteiger partial charge in [0.05, 0.1) is 0 Å². The highest BCUT2D eigenvalue weighted by Crippen LogP contribution is 2.19. The molecule has 0 aliphatic rings. The maximum atomic E-state index is 11.8. The Morgan fingerprint density at radius 2 is 2.00 bits per heavy atom. The average molecular weight is 266 g/mol. The van der Waals surface area contributed by atoms with E-state index in [2.05, 4.69) is 15.4 Å². The number of hydrogen-bond acceptors (Lipinski definition) is 5. The minimum absolute atomic E-state index is 0.0923. The van der Waals surface area contributed by atoms with Crippen molar-refractivity contribution in [2.45, 2.75) is 13.5 Å². The van der Waals surface area contributed by atoms with Crippen LogP contribution in [0.4, 0.5) is 5.95 Å². The molecule has 18 heavy (non-hydrogen) atoms. The third-order valence-corrected chi connectivity index (χ3v) is 2.70. The molecule has 0 spiro atoms. The summed E-state index contributed by atoms with van der Waals surface area (Å²) in [6.45, 7) is 2.32. The molecule has 0 fully saturated rings. The maximum absolute atomic E-state index is 11.8. The van der Waals surface area contributed by atoms with Crippen LogP contribution < -0.4 is 17.0 Å². The highest BCUT2D eigenvalue weighted by molar-refractivity contribution is 6.30. The molecule has 0 radical (unpaired) electrons. The molecule has 7 heteroatoms. The molecule has 0 saturated carbocycles. The number of benzene rings is 1. The number of nitrogens with one attached hydrogen (secondary N) is 1. The lowest BCUT2D eigenvalue weighted by molar-refractivity contribution is 0.687. The van der Waals surface area contributed by atoms with Crippen LogP contribution in [-0.4, -0.2) is 14.5 Å². The molecular weight excluding hydrogens is 254 g/mol. The summed E-state index contributed by atoms with van der Waals surface area (Å²) in [5.41, 5.74) is 2.66. The second kappa shape index (κ2) is 5.16. The SMILES string of the molecule is CCn1c(-c2ccc(Cl)cc2)nc(NN)nc1=O. The molecule has 94 valence electrons. The summed E-state index contributed by atoms with van der Waals surface area (Å²) in [5.74, 6) is 5.83. The fraction of sp³-hybridized carbons (Fsp3) is 0.182. The Kier molecular flexibility index (Phi) is 3.59. The molecule has 0 amide bonds. The number of nitrogens with zero attached hydrogens (tertiary/aromatic N) is 3.